The van der Waals surface area contributed by atoms with E-state index in [0.717, 1.165) is 30.3 Å². The normalized spacial score (nSPS) is 16.4. The Bertz CT molecular complexity index is 987. The number of nitrogens with zero attached hydrogens (tertiary/aromatic N) is 6. The molecule has 1 amide bonds. The van der Waals surface area contributed by atoms with Gasteiger partial charge in [-0.1, -0.05) is 35.4 Å². The molecular weight excluding hydrogens is 344 g/mol. The fraction of sp³-hybridized carbons (Fsp3) is 0.263. The molecule has 0 saturated carbocycles. The lowest BCUT2D eigenvalue weighted by Gasteiger charge is -2.31. The van der Waals surface area contributed by atoms with Crippen molar-refractivity contribution in [1.82, 2.24) is 20.2 Å². The molecule has 136 valence electrons. The van der Waals surface area contributed by atoms with Crippen LogP contribution in [0, 0.1) is 0 Å². The van der Waals surface area contributed by atoms with Gasteiger partial charge in [-0.2, -0.15) is 4.68 Å². The van der Waals surface area contributed by atoms with Crippen molar-refractivity contribution in [1.29, 1.82) is 0 Å². The zero-order chi connectivity index (χ0) is 18.2. The van der Waals surface area contributed by atoms with E-state index in [2.05, 4.69) is 26.5 Å². The Morgan fingerprint density at radius 2 is 1.89 bits per heavy atom. The first-order chi connectivity index (χ1) is 13.3. The number of cyclic esters (lactones) is 1. The predicted octanol–water partition coefficient (Wildman–Crippen LogP) is 2.18. The van der Waals surface area contributed by atoms with Crippen LogP contribution in [-0.2, 0) is 17.7 Å². The van der Waals surface area contributed by atoms with Crippen molar-refractivity contribution in [2.24, 2.45) is 0 Å². The van der Waals surface area contributed by atoms with Crippen molar-refractivity contribution in [2.45, 2.75) is 13.0 Å². The molecular formula is C19H18N6O2. The number of benzene rings is 2. The fourth-order valence-electron chi connectivity index (χ4n) is 3.74. The molecule has 2 aliphatic rings. The number of ether oxygens (including phenoxy) is 1. The fourth-order valence-corrected chi connectivity index (χ4v) is 3.74. The smallest absolute Gasteiger partial charge is 0.414 e. The van der Waals surface area contributed by atoms with E-state index < -0.39 is 0 Å². The average molecular weight is 362 g/mol. The van der Waals surface area contributed by atoms with E-state index in [0.29, 0.717) is 19.7 Å². The second kappa shape index (κ2) is 6.39. The summed E-state index contributed by atoms with van der Waals surface area (Å²) in [5, 5.41) is 12.3. The maximum atomic E-state index is 12.0. The Balaban J connectivity index is 1.46. The van der Waals surface area contributed by atoms with Crippen LogP contribution in [0.4, 0.5) is 16.4 Å². The lowest BCUT2D eigenvalue weighted by molar-refractivity contribution is 0.181. The number of hydrogen-bond acceptors (Lipinski definition) is 6. The number of tetrazole rings is 1. The third kappa shape index (κ3) is 2.69. The molecule has 2 aliphatic heterocycles. The monoisotopic (exact) mass is 362 g/mol. The SMILES string of the molecule is O=C1OCCN1c1cccc2c1CCN(c1nnnn1-c1ccccc1)C2. The van der Waals surface area contributed by atoms with E-state index in [9.17, 15) is 4.79 Å². The summed E-state index contributed by atoms with van der Waals surface area (Å²) in [5.74, 6) is 0.720. The number of para-hydroxylation sites is 1. The summed E-state index contributed by atoms with van der Waals surface area (Å²) in [6.45, 7) is 2.52. The summed E-state index contributed by atoms with van der Waals surface area (Å²) in [5.41, 5.74) is 4.27. The van der Waals surface area contributed by atoms with Crippen molar-refractivity contribution in [2.75, 3.05) is 29.5 Å². The van der Waals surface area contributed by atoms with Crippen molar-refractivity contribution in [3.63, 3.8) is 0 Å². The van der Waals surface area contributed by atoms with E-state index in [1.54, 1.807) is 9.58 Å². The number of anilines is 2. The van der Waals surface area contributed by atoms with Gasteiger partial charge in [0.05, 0.1) is 17.9 Å². The second-order valence-corrected chi connectivity index (χ2v) is 6.58. The molecule has 1 fully saturated rings. The van der Waals surface area contributed by atoms with Gasteiger partial charge in [0, 0.05) is 13.1 Å². The molecule has 0 atom stereocenters. The van der Waals surface area contributed by atoms with Crippen molar-refractivity contribution < 1.29 is 9.53 Å². The first-order valence-electron chi connectivity index (χ1n) is 8.95. The number of aromatic nitrogens is 4. The van der Waals surface area contributed by atoms with E-state index >= 15 is 0 Å². The van der Waals surface area contributed by atoms with Gasteiger partial charge >= 0.3 is 6.09 Å². The lowest BCUT2D eigenvalue weighted by atomic mass is 9.97. The quantitative estimate of drug-likeness (QED) is 0.711. The van der Waals surface area contributed by atoms with Crippen molar-refractivity contribution >= 4 is 17.7 Å². The van der Waals surface area contributed by atoms with Crippen LogP contribution in [0.2, 0.25) is 0 Å². The van der Waals surface area contributed by atoms with Crippen LogP contribution in [-0.4, -0.2) is 46.0 Å². The van der Waals surface area contributed by atoms with Gasteiger partial charge in [0.1, 0.15) is 6.61 Å². The number of carbonyl (C=O) groups is 1. The number of amides is 1. The van der Waals surface area contributed by atoms with Crippen LogP contribution < -0.4 is 9.80 Å². The summed E-state index contributed by atoms with van der Waals surface area (Å²) >= 11 is 0. The first-order valence-corrected chi connectivity index (χ1v) is 8.95. The van der Waals surface area contributed by atoms with Gasteiger partial charge in [0.2, 0.25) is 0 Å². The maximum Gasteiger partial charge on any atom is 0.414 e. The molecule has 0 unspecified atom stereocenters. The molecule has 0 spiro atoms. The third-order valence-electron chi connectivity index (χ3n) is 5.03. The molecule has 0 radical (unpaired) electrons. The molecule has 3 aromatic rings. The van der Waals surface area contributed by atoms with Crippen LogP contribution in [0.15, 0.2) is 48.5 Å². The summed E-state index contributed by atoms with van der Waals surface area (Å²) in [4.78, 5) is 15.9. The highest BCUT2D eigenvalue weighted by Gasteiger charge is 2.29. The van der Waals surface area contributed by atoms with Crippen LogP contribution >= 0.6 is 0 Å². The molecule has 1 aromatic heterocycles. The highest BCUT2D eigenvalue weighted by molar-refractivity contribution is 5.90. The summed E-state index contributed by atoms with van der Waals surface area (Å²) in [7, 11) is 0. The van der Waals surface area contributed by atoms with E-state index in [4.69, 9.17) is 4.74 Å². The standard InChI is InChI=1S/C19H18N6O2/c26-19-24(11-12-27-19)17-8-4-5-14-13-23(10-9-16(14)17)18-20-21-22-25(18)15-6-2-1-3-7-15/h1-8H,9-13H2. The minimum atomic E-state index is -0.265. The molecule has 0 aliphatic carbocycles. The molecule has 3 heterocycles. The van der Waals surface area contributed by atoms with Crippen molar-refractivity contribution in [3.8, 4) is 5.69 Å². The topological polar surface area (TPSA) is 76.4 Å². The van der Waals surface area contributed by atoms with Gasteiger partial charge in [0.15, 0.2) is 0 Å². The minimum absolute atomic E-state index is 0.265. The summed E-state index contributed by atoms with van der Waals surface area (Å²) in [6, 6.07) is 15.9. The zero-order valence-electron chi connectivity index (χ0n) is 14.7. The molecule has 0 bridgehead atoms. The third-order valence-corrected chi connectivity index (χ3v) is 5.03. The summed E-state index contributed by atoms with van der Waals surface area (Å²) < 4.78 is 6.86. The lowest BCUT2D eigenvalue weighted by Crippen LogP contribution is -2.34. The average Bonchev–Trinajstić information content (AvgIpc) is 3.37. The molecule has 0 N–H and O–H groups in total. The van der Waals surface area contributed by atoms with Crippen LogP contribution in [0.25, 0.3) is 5.69 Å². The molecule has 2 aromatic carbocycles. The Morgan fingerprint density at radius 1 is 1.00 bits per heavy atom. The molecule has 27 heavy (non-hydrogen) atoms. The van der Waals surface area contributed by atoms with Gasteiger partial charge in [-0.3, -0.25) is 4.90 Å². The van der Waals surface area contributed by atoms with Crippen LogP contribution in [0.1, 0.15) is 11.1 Å². The Hall–Kier alpha value is -3.42. The van der Waals surface area contributed by atoms with E-state index in [1.165, 1.54) is 11.1 Å². The highest BCUT2D eigenvalue weighted by Crippen LogP contribution is 2.32. The second-order valence-electron chi connectivity index (χ2n) is 6.58. The Labute approximate surface area is 156 Å². The number of carbonyl (C=O) groups excluding carboxylic acids is 1. The van der Waals surface area contributed by atoms with Gasteiger partial charge < -0.3 is 9.64 Å². The molecule has 1 saturated heterocycles. The Kier molecular flexibility index (Phi) is 3.74. The minimum Gasteiger partial charge on any atom is -0.447 e. The first kappa shape index (κ1) is 15.8. The van der Waals surface area contributed by atoms with Gasteiger partial charge in [-0.05, 0) is 46.2 Å². The molecule has 8 heteroatoms. The largest absolute Gasteiger partial charge is 0.447 e. The Morgan fingerprint density at radius 3 is 2.70 bits per heavy atom. The number of hydrogen-bond donors (Lipinski definition) is 0. The van der Waals surface area contributed by atoms with Gasteiger partial charge in [0.25, 0.3) is 5.95 Å². The number of fused-ring (bicyclic) bond motifs is 1. The van der Waals surface area contributed by atoms with Crippen LogP contribution in [0.3, 0.4) is 0 Å². The predicted molar refractivity (Wildman–Crippen MR) is 99.0 cm³/mol. The summed E-state index contributed by atoms with van der Waals surface area (Å²) in [6.07, 6.45) is 0.551. The van der Waals surface area contributed by atoms with Crippen LogP contribution in [0.5, 0.6) is 0 Å². The molecule has 8 nitrogen and oxygen atoms in total. The highest BCUT2D eigenvalue weighted by atomic mass is 16.6. The van der Waals surface area contributed by atoms with Gasteiger partial charge in [-0.15, -0.1) is 0 Å². The molecule has 5 rings (SSSR count). The zero-order valence-corrected chi connectivity index (χ0v) is 14.7. The van der Waals surface area contributed by atoms with Gasteiger partial charge in [-0.25, -0.2) is 4.79 Å². The van der Waals surface area contributed by atoms with Crippen molar-refractivity contribution in [3.05, 3.63) is 59.7 Å². The van der Waals surface area contributed by atoms with E-state index in [1.807, 2.05) is 42.5 Å². The van der Waals surface area contributed by atoms with E-state index in [-0.39, 0.29) is 6.09 Å². The maximum absolute atomic E-state index is 12.0. The number of rotatable bonds is 3.